The Morgan fingerprint density at radius 2 is 1.44 bits per heavy atom. The lowest BCUT2D eigenvalue weighted by atomic mass is 9.73. The first-order valence-electron chi connectivity index (χ1n) is 18.3. The molecule has 2 fully saturated rings. The summed E-state index contributed by atoms with van der Waals surface area (Å²) in [6, 6.07) is 13.6. The van der Waals surface area contributed by atoms with Crippen LogP contribution in [-0.2, 0) is 19.1 Å². The molecule has 2 aromatic carbocycles. The van der Waals surface area contributed by atoms with Crippen molar-refractivity contribution >= 4 is 34.8 Å². The number of hydrogen-bond acceptors (Lipinski definition) is 7. The smallest absolute Gasteiger partial charge is 0.253 e. The van der Waals surface area contributed by atoms with Gasteiger partial charge in [0.2, 0.25) is 11.8 Å². The van der Waals surface area contributed by atoms with E-state index in [1.54, 1.807) is 14.7 Å². The number of carbonyl (C=O) groups excluding carboxylic acids is 3. The van der Waals surface area contributed by atoms with Crippen LogP contribution in [0.4, 0.5) is 17.1 Å². The molecule has 2 aromatic rings. The maximum absolute atomic E-state index is 15.1. The quantitative estimate of drug-likeness (QED) is 0.307. The van der Waals surface area contributed by atoms with Gasteiger partial charge in [0.1, 0.15) is 17.4 Å². The number of ether oxygens (including phenoxy) is 2. The second kappa shape index (κ2) is 14.2. The minimum atomic E-state index is -1.42. The number of rotatable bonds is 12. The lowest BCUT2D eigenvalue weighted by molar-refractivity contribution is -0.149. The summed E-state index contributed by atoms with van der Waals surface area (Å²) in [6.07, 6.45) is 8.59. The van der Waals surface area contributed by atoms with Crippen molar-refractivity contribution in [2.75, 3.05) is 54.1 Å². The van der Waals surface area contributed by atoms with Gasteiger partial charge in [-0.25, -0.2) is 0 Å². The van der Waals surface area contributed by atoms with Crippen LogP contribution in [0.15, 0.2) is 72.8 Å². The zero-order valence-electron chi connectivity index (χ0n) is 30.2. The monoisotopic (exact) mass is 684 g/mol. The molecule has 3 amide bonds. The van der Waals surface area contributed by atoms with E-state index in [1.165, 1.54) is 0 Å². The molecular formula is C40H52N4O6. The van der Waals surface area contributed by atoms with Crippen molar-refractivity contribution in [2.24, 2.45) is 17.8 Å². The van der Waals surface area contributed by atoms with E-state index < -0.39 is 35.1 Å². The van der Waals surface area contributed by atoms with E-state index in [1.807, 2.05) is 101 Å². The van der Waals surface area contributed by atoms with Crippen LogP contribution in [0.25, 0.3) is 0 Å². The van der Waals surface area contributed by atoms with Gasteiger partial charge < -0.3 is 34.2 Å². The van der Waals surface area contributed by atoms with Crippen LogP contribution in [-0.4, -0.2) is 90.4 Å². The van der Waals surface area contributed by atoms with E-state index in [2.05, 4.69) is 18.7 Å². The summed E-state index contributed by atoms with van der Waals surface area (Å²) in [5, 5.41) is 10.8. The first kappa shape index (κ1) is 35.7. The molecule has 268 valence electrons. The molecule has 50 heavy (non-hydrogen) atoms. The summed E-state index contributed by atoms with van der Waals surface area (Å²) >= 11 is 0. The fourth-order valence-electron chi connectivity index (χ4n) is 8.70. The van der Waals surface area contributed by atoms with Gasteiger partial charge in [0.15, 0.2) is 0 Å². The Bertz CT molecular complexity index is 1620. The number of anilines is 3. The van der Waals surface area contributed by atoms with Crippen LogP contribution in [0.2, 0.25) is 0 Å². The summed E-state index contributed by atoms with van der Waals surface area (Å²) < 4.78 is 12.8. The van der Waals surface area contributed by atoms with Crippen LogP contribution in [0, 0.1) is 17.8 Å². The second-order valence-corrected chi connectivity index (χ2v) is 14.2. The standard InChI is InChI=1S/C40H52N4O6/c1-7-39-21-11-23-42(30-17-19-32(20-18-30)49-10-4)36(46)33(39)34-37(47)44(31(26-45)25-27(5)6)35-38(48)43(24-12-22-40(34,35)50-39)29-15-13-28(14-16-29)41(8-2)9-3/h11-22,27,31,33-35,45H,7-10,23-26H2,1-6H3/t31-,33-,34+,35?,39+,40+/m1/s1. The lowest BCUT2D eigenvalue weighted by Gasteiger charge is -2.41. The lowest BCUT2D eigenvalue weighted by Crippen LogP contribution is -2.59. The molecule has 0 saturated carbocycles. The third kappa shape index (κ3) is 5.80. The van der Waals surface area contributed by atoms with Gasteiger partial charge in [0.05, 0.1) is 36.7 Å². The molecule has 0 radical (unpaired) electrons. The Labute approximate surface area is 296 Å². The number of aliphatic hydroxyl groups excluding tert-OH is 1. The number of fused-ring (bicyclic) bond motifs is 2. The zero-order chi connectivity index (χ0) is 35.8. The van der Waals surface area contributed by atoms with Gasteiger partial charge in [-0.15, -0.1) is 0 Å². The largest absolute Gasteiger partial charge is 0.494 e. The Hall–Kier alpha value is -4.15. The van der Waals surface area contributed by atoms with Crippen molar-refractivity contribution in [1.29, 1.82) is 0 Å². The van der Waals surface area contributed by atoms with E-state index in [0.29, 0.717) is 43.1 Å². The van der Waals surface area contributed by atoms with Gasteiger partial charge in [-0.3, -0.25) is 14.4 Å². The van der Waals surface area contributed by atoms with Crippen LogP contribution in [0.1, 0.15) is 54.4 Å². The average molecular weight is 685 g/mol. The summed E-state index contributed by atoms with van der Waals surface area (Å²) in [6.45, 7) is 14.7. The molecule has 1 unspecified atom stereocenters. The van der Waals surface area contributed by atoms with Crippen molar-refractivity contribution in [2.45, 2.75) is 77.7 Å². The molecule has 0 aromatic heterocycles. The minimum Gasteiger partial charge on any atom is -0.494 e. The van der Waals surface area contributed by atoms with Crippen LogP contribution >= 0.6 is 0 Å². The maximum atomic E-state index is 15.1. The van der Waals surface area contributed by atoms with Gasteiger partial charge in [-0.05, 0) is 88.1 Å². The fraction of sp³-hybridized carbons (Fsp3) is 0.525. The van der Waals surface area contributed by atoms with Gasteiger partial charge in [0, 0.05) is 43.2 Å². The van der Waals surface area contributed by atoms with Gasteiger partial charge >= 0.3 is 0 Å². The molecule has 4 aliphatic heterocycles. The van der Waals surface area contributed by atoms with Crippen LogP contribution in [0.5, 0.6) is 5.75 Å². The molecular weight excluding hydrogens is 632 g/mol. The molecule has 4 heterocycles. The maximum Gasteiger partial charge on any atom is 0.253 e. The minimum absolute atomic E-state index is 0.143. The third-order valence-corrected chi connectivity index (χ3v) is 11.0. The van der Waals surface area contributed by atoms with Crippen molar-refractivity contribution < 1.29 is 29.0 Å². The highest BCUT2D eigenvalue weighted by Crippen LogP contribution is 2.59. The molecule has 10 nitrogen and oxygen atoms in total. The van der Waals surface area contributed by atoms with Crippen molar-refractivity contribution in [1.82, 2.24) is 4.90 Å². The van der Waals surface area contributed by atoms with E-state index in [0.717, 1.165) is 18.8 Å². The highest BCUT2D eigenvalue weighted by molar-refractivity contribution is 6.07. The van der Waals surface area contributed by atoms with Crippen LogP contribution < -0.4 is 19.4 Å². The number of carbonyl (C=O) groups is 3. The molecule has 1 N–H and O–H groups in total. The molecule has 0 bridgehead atoms. The predicted octanol–water partition coefficient (Wildman–Crippen LogP) is 5.21. The molecule has 1 spiro atoms. The van der Waals surface area contributed by atoms with E-state index in [9.17, 15) is 9.90 Å². The van der Waals surface area contributed by atoms with Crippen molar-refractivity contribution in [3.8, 4) is 5.75 Å². The molecule has 10 heteroatoms. The van der Waals surface area contributed by atoms with Crippen LogP contribution in [0.3, 0.4) is 0 Å². The molecule has 6 atom stereocenters. The summed E-state index contributed by atoms with van der Waals surface area (Å²) in [7, 11) is 0. The third-order valence-electron chi connectivity index (χ3n) is 11.0. The Morgan fingerprint density at radius 3 is 2.00 bits per heavy atom. The topological polar surface area (TPSA) is 103 Å². The summed E-state index contributed by atoms with van der Waals surface area (Å²) in [5.74, 6) is -1.86. The highest BCUT2D eigenvalue weighted by Gasteiger charge is 2.76. The molecule has 2 saturated heterocycles. The van der Waals surface area contributed by atoms with Gasteiger partial charge in [-0.2, -0.15) is 0 Å². The number of nitrogens with zero attached hydrogens (tertiary/aromatic N) is 4. The zero-order valence-corrected chi connectivity index (χ0v) is 30.2. The van der Waals surface area contributed by atoms with E-state index in [-0.39, 0.29) is 36.8 Å². The number of hydrogen-bond donors (Lipinski definition) is 1. The fourth-order valence-corrected chi connectivity index (χ4v) is 8.70. The summed E-state index contributed by atoms with van der Waals surface area (Å²) in [4.78, 5) is 52.3. The van der Waals surface area contributed by atoms with E-state index >= 15 is 9.59 Å². The first-order valence-corrected chi connectivity index (χ1v) is 18.3. The highest BCUT2D eigenvalue weighted by atomic mass is 16.5. The SMILES string of the molecule is CCOc1ccc(N2CC=C[C@]3(CC)O[C@]45C=CCN(c6ccc(N(CC)CC)cc6)C(=O)C4N([C@@H](CO)CC(C)C)C(=O)[C@@H]5[C@@H]3C2=O)cc1. The first-order chi connectivity index (χ1) is 24.1. The number of amides is 3. The number of aliphatic hydroxyl groups is 1. The van der Waals surface area contributed by atoms with E-state index in [4.69, 9.17) is 9.47 Å². The molecule has 4 aliphatic rings. The Kier molecular flexibility index (Phi) is 10.2. The molecule has 0 aliphatic carbocycles. The normalized spacial score (nSPS) is 28.0. The van der Waals surface area contributed by atoms with Gasteiger partial charge in [-0.1, -0.05) is 45.1 Å². The number of benzene rings is 2. The van der Waals surface area contributed by atoms with Crippen molar-refractivity contribution in [3.63, 3.8) is 0 Å². The van der Waals surface area contributed by atoms with Crippen molar-refractivity contribution in [3.05, 3.63) is 72.8 Å². The molecule has 6 rings (SSSR count). The average Bonchev–Trinajstić information content (AvgIpc) is 3.41. The Morgan fingerprint density at radius 1 is 0.840 bits per heavy atom. The second-order valence-electron chi connectivity index (χ2n) is 14.2. The predicted molar refractivity (Wildman–Crippen MR) is 195 cm³/mol. The number of likely N-dealkylation sites (tertiary alicyclic amines) is 1. The summed E-state index contributed by atoms with van der Waals surface area (Å²) in [5.41, 5.74) is -0.0661. The van der Waals surface area contributed by atoms with Gasteiger partial charge in [0.25, 0.3) is 5.91 Å². The Balaban J connectivity index is 1.45.